The van der Waals surface area contributed by atoms with Crippen LogP contribution in [0.25, 0.3) is 0 Å². The molecule has 70 valence electrons. The van der Waals surface area contributed by atoms with Gasteiger partial charge in [-0.2, -0.15) is 0 Å². The SMILES string of the molecule is C=C(C)C(=O)NCCC(N)CC. The summed E-state index contributed by atoms with van der Waals surface area (Å²) in [6.07, 6.45) is 1.78. The number of nitrogens with two attached hydrogens (primary N) is 1. The molecular weight excluding hydrogens is 152 g/mol. The zero-order valence-electron chi connectivity index (χ0n) is 7.89. The first-order chi connectivity index (χ1) is 5.57. The topological polar surface area (TPSA) is 55.1 Å². The Labute approximate surface area is 74.0 Å². The van der Waals surface area contributed by atoms with Gasteiger partial charge in [-0.25, -0.2) is 0 Å². The van der Waals surface area contributed by atoms with Gasteiger partial charge in [-0.3, -0.25) is 4.79 Å². The second-order valence-corrected chi connectivity index (χ2v) is 2.99. The van der Waals surface area contributed by atoms with Crippen LogP contribution in [0.5, 0.6) is 0 Å². The van der Waals surface area contributed by atoms with Gasteiger partial charge in [0.05, 0.1) is 0 Å². The van der Waals surface area contributed by atoms with Gasteiger partial charge < -0.3 is 11.1 Å². The molecule has 0 fully saturated rings. The van der Waals surface area contributed by atoms with Crippen LogP contribution in [-0.2, 0) is 4.79 Å². The molecule has 3 heteroatoms. The fraction of sp³-hybridized carbons (Fsp3) is 0.667. The molecule has 0 aliphatic heterocycles. The highest BCUT2D eigenvalue weighted by Crippen LogP contribution is 1.92. The lowest BCUT2D eigenvalue weighted by molar-refractivity contribution is -0.117. The number of carbonyl (C=O) groups excluding carboxylic acids is 1. The van der Waals surface area contributed by atoms with Crippen LogP contribution >= 0.6 is 0 Å². The zero-order valence-corrected chi connectivity index (χ0v) is 7.89. The minimum Gasteiger partial charge on any atom is -0.352 e. The molecule has 1 unspecified atom stereocenters. The quantitative estimate of drug-likeness (QED) is 0.600. The van der Waals surface area contributed by atoms with Crippen molar-refractivity contribution in [1.82, 2.24) is 5.32 Å². The molecular formula is C9H18N2O. The lowest BCUT2D eigenvalue weighted by Crippen LogP contribution is -2.30. The largest absolute Gasteiger partial charge is 0.352 e. The molecule has 3 nitrogen and oxygen atoms in total. The van der Waals surface area contributed by atoms with E-state index >= 15 is 0 Å². The first-order valence-electron chi connectivity index (χ1n) is 4.27. The minimum absolute atomic E-state index is 0.0849. The number of hydrogen-bond donors (Lipinski definition) is 2. The van der Waals surface area contributed by atoms with Crippen LogP contribution in [0.4, 0.5) is 0 Å². The van der Waals surface area contributed by atoms with Crippen molar-refractivity contribution in [3.63, 3.8) is 0 Å². The van der Waals surface area contributed by atoms with E-state index < -0.39 is 0 Å². The number of amides is 1. The predicted octanol–water partition coefficient (Wildman–Crippen LogP) is 0.806. The van der Waals surface area contributed by atoms with Crippen LogP contribution < -0.4 is 11.1 Å². The van der Waals surface area contributed by atoms with Gasteiger partial charge in [0.25, 0.3) is 0 Å². The average Bonchev–Trinajstić information content (AvgIpc) is 2.03. The molecule has 1 amide bonds. The normalized spacial score (nSPS) is 12.2. The summed E-state index contributed by atoms with van der Waals surface area (Å²) < 4.78 is 0. The van der Waals surface area contributed by atoms with Gasteiger partial charge in [0, 0.05) is 18.2 Å². The first kappa shape index (κ1) is 11.2. The standard InChI is InChI=1S/C9H18N2O/c1-4-8(10)5-6-11-9(12)7(2)3/h8H,2,4-6,10H2,1,3H3,(H,11,12). The molecule has 0 aliphatic rings. The number of hydrogen-bond acceptors (Lipinski definition) is 2. The number of rotatable bonds is 5. The van der Waals surface area contributed by atoms with Crippen molar-refractivity contribution in [2.75, 3.05) is 6.54 Å². The van der Waals surface area contributed by atoms with Crippen LogP contribution in [0.2, 0.25) is 0 Å². The van der Waals surface area contributed by atoms with Crippen LogP contribution in [0, 0.1) is 0 Å². The third kappa shape index (κ3) is 4.91. The lowest BCUT2D eigenvalue weighted by atomic mass is 10.2. The Kier molecular flexibility index (Phi) is 5.37. The maximum Gasteiger partial charge on any atom is 0.246 e. The molecule has 0 aliphatic carbocycles. The summed E-state index contributed by atoms with van der Waals surface area (Å²) in [6, 6.07) is 0.190. The average molecular weight is 170 g/mol. The van der Waals surface area contributed by atoms with E-state index in [1.165, 1.54) is 0 Å². The molecule has 0 saturated heterocycles. The van der Waals surface area contributed by atoms with E-state index in [2.05, 4.69) is 11.9 Å². The van der Waals surface area contributed by atoms with Crippen LogP contribution in [-0.4, -0.2) is 18.5 Å². The third-order valence-electron chi connectivity index (χ3n) is 1.71. The monoisotopic (exact) mass is 170 g/mol. The highest BCUT2D eigenvalue weighted by atomic mass is 16.1. The highest BCUT2D eigenvalue weighted by Gasteiger charge is 2.02. The molecule has 0 spiro atoms. The van der Waals surface area contributed by atoms with Gasteiger partial charge in [-0.1, -0.05) is 13.5 Å². The molecule has 3 N–H and O–H groups in total. The summed E-state index contributed by atoms with van der Waals surface area (Å²) in [5.74, 6) is -0.0849. The Bertz CT molecular complexity index is 166. The predicted molar refractivity (Wildman–Crippen MR) is 50.7 cm³/mol. The van der Waals surface area contributed by atoms with Gasteiger partial charge in [0.1, 0.15) is 0 Å². The molecule has 0 aromatic carbocycles. The summed E-state index contributed by atoms with van der Waals surface area (Å²) >= 11 is 0. The maximum absolute atomic E-state index is 11.0. The zero-order chi connectivity index (χ0) is 9.56. The van der Waals surface area contributed by atoms with Crippen LogP contribution in [0.3, 0.4) is 0 Å². The van der Waals surface area contributed by atoms with Gasteiger partial charge in [0.2, 0.25) is 5.91 Å². The van der Waals surface area contributed by atoms with Crippen molar-refractivity contribution in [3.8, 4) is 0 Å². The molecule has 0 aromatic rings. The van der Waals surface area contributed by atoms with Gasteiger partial charge >= 0.3 is 0 Å². The Morgan fingerprint density at radius 3 is 2.67 bits per heavy atom. The summed E-state index contributed by atoms with van der Waals surface area (Å²) in [7, 11) is 0. The molecule has 0 bridgehead atoms. The summed E-state index contributed by atoms with van der Waals surface area (Å²) in [4.78, 5) is 11.0. The second-order valence-electron chi connectivity index (χ2n) is 2.99. The van der Waals surface area contributed by atoms with Crippen molar-refractivity contribution in [2.24, 2.45) is 5.73 Å². The number of nitrogens with one attached hydrogen (secondary N) is 1. The number of carbonyl (C=O) groups is 1. The smallest absolute Gasteiger partial charge is 0.246 e. The van der Waals surface area contributed by atoms with Gasteiger partial charge in [-0.05, 0) is 19.8 Å². The summed E-state index contributed by atoms with van der Waals surface area (Å²) in [5, 5.41) is 2.73. The Morgan fingerprint density at radius 2 is 2.25 bits per heavy atom. The van der Waals surface area contributed by atoms with E-state index in [1.54, 1.807) is 6.92 Å². The Balaban J connectivity index is 3.44. The van der Waals surface area contributed by atoms with E-state index in [4.69, 9.17) is 5.73 Å². The summed E-state index contributed by atoms with van der Waals surface area (Å²) in [6.45, 7) is 7.89. The molecule has 0 rings (SSSR count). The van der Waals surface area contributed by atoms with E-state index in [9.17, 15) is 4.79 Å². The first-order valence-corrected chi connectivity index (χ1v) is 4.27. The van der Waals surface area contributed by atoms with Crippen molar-refractivity contribution >= 4 is 5.91 Å². The Hall–Kier alpha value is -0.830. The van der Waals surface area contributed by atoms with Crippen LogP contribution in [0.15, 0.2) is 12.2 Å². The lowest BCUT2D eigenvalue weighted by Gasteiger charge is -2.08. The van der Waals surface area contributed by atoms with Gasteiger partial charge in [-0.15, -0.1) is 0 Å². The maximum atomic E-state index is 11.0. The van der Waals surface area contributed by atoms with Gasteiger partial charge in [0.15, 0.2) is 0 Å². The minimum atomic E-state index is -0.0849. The van der Waals surface area contributed by atoms with E-state index in [0.717, 1.165) is 12.8 Å². The molecule has 0 aromatic heterocycles. The van der Waals surface area contributed by atoms with E-state index in [0.29, 0.717) is 12.1 Å². The molecule has 0 saturated carbocycles. The summed E-state index contributed by atoms with van der Waals surface area (Å²) in [5.41, 5.74) is 6.20. The molecule has 0 heterocycles. The second kappa shape index (κ2) is 5.77. The van der Waals surface area contributed by atoms with Crippen molar-refractivity contribution in [2.45, 2.75) is 32.7 Å². The highest BCUT2D eigenvalue weighted by molar-refractivity contribution is 5.91. The molecule has 1 atom stereocenters. The Morgan fingerprint density at radius 1 is 1.67 bits per heavy atom. The molecule has 0 radical (unpaired) electrons. The van der Waals surface area contributed by atoms with Crippen LogP contribution in [0.1, 0.15) is 26.7 Å². The van der Waals surface area contributed by atoms with Crippen molar-refractivity contribution in [3.05, 3.63) is 12.2 Å². The van der Waals surface area contributed by atoms with E-state index in [-0.39, 0.29) is 11.9 Å². The molecule has 12 heavy (non-hydrogen) atoms. The third-order valence-corrected chi connectivity index (χ3v) is 1.71. The fourth-order valence-corrected chi connectivity index (χ4v) is 0.726. The van der Waals surface area contributed by atoms with Crippen molar-refractivity contribution in [1.29, 1.82) is 0 Å². The van der Waals surface area contributed by atoms with E-state index in [1.807, 2.05) is 6.92 Å². The fourth-order valence-electron chi connectivity index (χ4n) is 0.726. The van der Waals surface area contributed by atoms with Crippen molar-refractivity contribution < 1.29 is 4.79 Å².